The molecular weight excluding hydrogens is 426 g/mol. The minimum absolute atomic E-state index is 0.0389. The fourth-order valence-electron chi connectivity index (χ4n) is 2.09. The van der Waals surface area contributed by atoms with Crippen LogP contribution in [0.3, 0.4) is 0 Å². The molecule has 1 N–H and O–H groups in total. The van der Waals surface area contributed by atoms with Crippen molar-refractivity contribution in [3.8, 4) is 0 Å². The lowest BCUT2D eigenvalue weighted by Crippen LogP contribution is -2.61. The van der Waals surface area contributed by atoms with E-state index in [4.69, 9.17) is 4.55 Å². The van der Waals surface area contributed by atoms with E-state index in [2.05, 4.69) is 0 Å². The zero-order chi connectivity index (χ0) is 21.7. The number of rotatable bonds is 12. The molecule has 0 saturated heterocycles. The molecule has 0 aliphatic rings. The first-order valence-electron chi connectivity index (χ1n) is 7.69. The Morgan fingerprint density at radius 3 is 1.56 bits per heavy atom. The minimum atomic E-state index is -6.94. The molecule has 14 heteroatoms. The van der Waals surface area contributed by atoms with E-state index in [1.54, 1.807) is 0 Å². The minimum Gasteiger partial charge on any atom is -0.281 e. The summed E-state index contributed by atoms with van der Waals surface area (Å²) in [5.74, 6) is -12.8. The Kier molecular flexibility index (Phi) is 8.87. The van der Waals surface area contributed by atoms with E-state index in [-0.39, 0.29) is 32.1 Å². The lowest BCUT2D eigenvalue weighted by molar-refractivity contribution is -0.300. The van der Waals surface area contributed by atoms with E-state index < -0.39 is 58.8 Å². The number of unbranched alkanes of at least 4 members (excludes halogenated alkanes) is 5. The smallest absolute Gasteiger partial charge is 0.281 e. The van der Waals surface area contributed by atoms with Crippen LogP contribution in [-0.4, -0.2) is 42.4 Å². The third-order valence-electron chi connectivity index (χ3n) is 3.67. The van der Waals surface area contributed by atoms with Gasteiger partial charge in [-0.1, -0.05) is 32.1 Å². The summed E-state index contributed by atoms with van der Waals surface area (Å²) in [6.45, 7) is 0. The van der Waals surface area contributed by atoms with Crippen LogP contribution in [-0.2, 0) is 10.1 Å². The van der Waals surface area contributed by atoms with Gasteiger partial charge in [-0.15, -0.1) is 0 Å². The van der Waals surface area contributed by atoms with Crippen LogP contribution >= 0.6 is 0 Å². The molecule has 0 aromatic heterocycles. The molecule has 0 heterocycles. The summed E-state index contributed by atoms with van der Waals surface area (Å²) in [6.07, 6.45) is -10.6. The average molecular weight is 444 g/mol. The first kappa shape index (κ1) is 26.2. The molecule has 27 heavy (non-hydrogen) atoms. The summed E-state index contributed by atoms with van der Waals surface area (Å²) in [6, 6.07) is 0. The van der Waals surface area contributed by atoms with E-state index >= 15 is 0 Å². The van der Waals surface area contributed by atoms with Crippen molar-refractivity contribution in [2.75, 3.05) is 0 Å². The fourth-order valence-corrected chi connectivity index (χ4v) is 2.55. The van der Waals surface area contributed by atoms with Crippen molar-refractivity contribution in [1.29, 1.82) is 0 Å². The molecule has 0 saturated carbocycles. The van der Waals surface area contributed by atoms with Gasteiger partial charge in [0.2, 0.25) is 0 Å². The molecule has 0 aromatic carbocycles. The van der Waals surface area contributed by atoms with Crippen LogP contribution in [0.5, 0.6) is 0 Å². The quantitative estimate of drug-likeness (QED) is 0.237. The third-order valence-corrected chi connectivity index (χ3v) is 4.57. The second-order valence-corrected chi connectivity index (χ2v) is 7.39. The van der Waals surface area contributed by atoms with Crippen LogP contribution in [0.15, 0.2) is 0 Å². The Morgan fingerprint density at radius 1 is 0.741 bits per heavy atom. The molecule has 0 fully saturated rings. The Labute approximate surface area is 148 Å². The molecule has 1 unspecified atom stereocenters. The van der Waals surface area contributed by atoms with Crippen molar-refractivity contribution in [2.24, 2.45) is 0 Å². The molecule has 0 aliphatic heterocycles. The highest BCUT2D eigenvalue weighted by Crippen LogP contribution is 2.50. The summed E-state index contributed by atoms with van der Waals surface area (Å²) >= 11 is 0. The van der Waals surface area contributed by atoms with E-state index in [9.17, 15) is 52.3 Å². The largest absolute Gasteiger partial charge is 0.438 e. The van der Waals surface area contributed by atoms with Gasteiger partial charge in [-0.3, -0.25) is 4.55 Å². The highest BCUT2D eigenvalue weighted by molar-refractivity contribution is 7.87. The van der Waals surface area contributed by atoms with Crippen molar-refractivity contribution in [3.05, 3.63) is 0 Å². The summed E-state index contributed by atoms with van der Waals surface area (Å²) in [5.41, 5.74) is 0. The molecule has 164 valence electrons. The summed E-state index contributed by atoms with van der Waals surface area (Å²) in [4.78, 5) is 0. The normalized spacial score (nSPS) is 15.8. The van der Waals surface area contributed by atoms with E-state index in [1.165, 1.54) is 0 Å². The summed E-state index contributed by atoms with van der Waals surface area (Å²) in [7, 11) is -6.94. The summed E-state index contributed by atoms with van der Waals surface area (Å²) < 4.78 is 156. The van der Waals surface area contributed by atoms with E-state index in [0.29, 0.717) is 0 Å². The van der Waals surface area contributed by atoms with Crippen LogP contribution < -0.4 is 0 Å². The van der Waals surface area contributed by atoms with Gasteiger partial charge < -0.3 is 0 Å². The van der Waals surface area contributed by atoms with Gasteiger partial charge in [0.1, 0.15) is 0 Å². The number of hydrogen-bond donors (Lipinski definition) is 1. The predicted molar refractivity (Wildman–Crippen MR) is 74.3 cm³/mol. The lowest BCUT2D eigenvalue weighted by atomic mass is 10.00. The van der Waals surface area contributed by atoms with Crippen molar-refractivity contribution in [1.82, 2.24) is 0 Å². The second-order valence-electron chi connectivity index (χ2n) is 5.93. The van der Waals surface area contributed by atoms with Gasteiger partial charge >= 0.3 is 33.4 Å². The molecule has 0 aromatic rings. The first-order chi connectivity index (χ1) is 11.9. The van der Waals surface area contributed by atoms with Gasteiger partial charge in [0.05, 0.1) is 0 Å². The maximum atomic E-state index is 13.4. The molecule has 0 radical (unpaired) electrons. The molecule has 0 rings (SSSR count). The van der Waals surface area contributed by atoms with Crippen LogP contribution in [0.1, 0.15) is 51.4 Å². The Balaban J connectivity index is 4.50. The Bertz CT molecular complexity index is 559. The molecule has 0 amide bonds. The average Bonchev–Trinajstić information content (AvgIpc) is 2.46. The number of hydrogen-bond acceptors (Lipinski definition) is 2. The number of alkyl halides is 10. The third kappa shape index (κ3) is 6.95. The zero-order valence-corrected chi connectivity index (χ0v) is 14.5. The van der Waals surface area contributed by atoms with Crippen LogP contribution in [0, 0.1) is 0 Å². The topological polar surface area (TPSA) is 54.4 Å². The first-order valence-corrected chi connectivity index (χ1v) is 9.13. The fraction of sp³-hybridized carbons (Fsp3) is 1.00. The van der Waals surface area contributed by atoms with Gasteiger partial charge in [0.15, 0.2) is 6.17 Å². The van der Waals surface area contributed by atoms with Gasteiger partial charge in [-0.2, -0.15) is 47.9 Å². The van der Waals surface area contributed by atoms with Crippen molar-refractivity contribution in [2.45, 2.75) is 80.8 Å². The molecule has 0 bridgehead atoms. The molecule has 0 aliphatic carbocycles. The van der Waals surface area contributed by atoms with Gasteiger partial charge in [-0.25, -0.2) is 4.39 Å². The molecule has 1 atom stereocenters. The van der Waals surface area contributed by atoms with Gasteiger partial charge in [0.25, 0.3) is 0 Å². The van der Waals surface area contributed by atoms with E-state index in [0.717, 1.165) is 0 Å². The zero-order valence-electron chi connectivity index (χ0n) is 13.7. The number of halogens is 10. The maximum Gasteiger partial charge on any atom is 0.438 e. The van der Waals surface area contributed by atoms with Crippen molar-refractivity contribution < 1.29 is 56.9 Å². The second kappa shape index (κ2) is 9.14. The highest BCUT2D eigenvalue weighted by atomic mass is 32.2. The van der Waals surface area contributed by atoms with Crippen molar-refractivity contribution >= 4 is 10.1 Å². The van der Waals surface area contributed by atoms with E-state index in [1.807, 2.05) is 0 Å². The lowest BCUT2D eigenvalue weighted by Gasteiger charge is -2.32. The highest BCUT2D eigenvalue weighted by Gasteiger charge is 2.79. The van der Waals surface area contributed by atoms with Crippen LogP contribution in [0.4, 0.5) is 43.9 Å². The Morgan fingerprint density at radius 2 is 1.15 bits per heavy atom. The SMILES string of the molecule is O=S(=O)(O)C(F)(F)C(F)(F)C(F)(F)C(F)CCCCCCCCC(F)(F)F. The molecule has 3 nitrogen and oxygen atoms in total. The predicted octanol–water partition coefficient (Wildman–Crippen LogP) is 5.76. The molecule has 0 spiro atoms. The van der Waals surface area contributed by atoms with Crippen molar-refractivity contribution in [3.63, 3.8) is 0 Å². The van der Waals surface area contributed by atoms with Gasteiger partial charge in [0, 0.05) is 6.42 Å². The van der Waals surface area contributed by atoms with Crippen LogP contribution in [0.2, 0.25) is 0 Å². The monoisotopic (exact) mass is 444 g/mol. The van der Waals surface area contributed by atoms with Gasteiger partial charge in [-0.05, 0) is 12.8 Å². The Hall–Kier alpha value is -0.790. The summed E-state index contributed by atoms with van der Waals surface area (Å²) in [5, 5.41) is -6.60. The standard InChI is InChI=1S/C13H18F10O3S/c14-9(7-5-3-1-2-4-6-8-10(15,16)17)11(18,19)12(20,21)13(22,23)27(24,25)26/h9H,1-8H2,(H,24,25,26). The maximum absolute atomic E-state index is 13.4. The van der Waals surface area contributed by atoms with Crippen LogP contribution in [0.25, 0.3) is 0 Å². The molecular formula is C13H18F10O3S.